The maximum Gasteiger partial charge on any atom is 0.166 e. The topological polar surface area (TPSA) is 25.9 Å². The Kier molecular flexibility index (Phi) is 9.54. The molecule has 0 N–H and O–H groups in total. The smallest absolute Gasteiger partial charge is 0.166 e. The molecule has 0 aliphatic carbocycles. The van der Waals surface area contributed by atoms with Crippen molar-refractivity contribution in [1.29, 1.82) is 0 Å². The highest BCUT2D eigenvalue weighted by Gasteiger charge is 2.44. The molecule has 0 unspecified atom stereocenters. The van der Waals surface area contributed by atoms with Crippen molar-refractivity contribution in [2.24, 2.45) is 0 Å². The van der Waals surface area contributed by atoms with E-state index in [1.807, 2.05) is 0 Å². The van der Waals surface area contributed by atoms with Crippen molar-refractivity contribution in [3.63, 3.8) is 0 Å². The van der Waals surface area contributed by atoms with Crippen LogP contribution in [0.4, 0.5) is 68.2 Å². The molecule has 12 rings (SSSR count). The third-order valence-electron chi connectivity index (χ3n) is 12.5. The van der Waals surface area contributed by atoms with Gasteiger partial charge in [-0.2, -0.15) is 0 Å². The molecule has 312 valence electrons. The van der Waals surface area contributed by atoms with Crippen LogP contribution in [0.25, 0.3) is 0 Å². The second-order valence-corrected chi connectivity index (χ2v) is 16.2. The zero-order valence-electron chi connectivity index (χ0n) is 36.4. The third kappa shape index (κ3) is 6.14. The molecule has 0 bridgehead atoms. The molecule has 4 aliphatic rings. The predicted molar refractivity (Wildman–Crippen MR) is 268 cm³/mol. The van der Waals surface area contributed by atoms with Gasteiger partial charge in [0.2, 0.25) is 0 Å². The summed E-state index contributed by atoms with van der Waals surface area (Å²) in [5, 5.41) is 0. The Morgan fingerprint density at radius 3 is 0.562 bits per heavy atom. The van der Waals surface area contributed by atoms with Gasteiger partial charge in [0, 0.05) is 50.9 Å². The molecule has 0 fully saturated rings. The zero-order chi connectivity index (χ0) is 43.3. The monoisotopic (exact) mass is 832 g/mol. The number of benzene rings is 8. The second kappa shape index (κ2) is 15.8. The van der Waals surface area contributed by atoms with Crippen molar-refractivity contribution in [3.05, 3.63) is 242 Å². The number of hydrogen-bond donors (Lipinski definition) is 0. The van der Waals surface area contributed by atoms with Gasteiger partial charge in [0.05, 0.1) is 45.5 Å². The quantitative estimate of drug-likeness (QED) is 0.173. The van der Waals surface area contributed by atoms with Gasteiger partial charge in [-0.3, -0.25) is 19.6 Å². The molecule has 64 heavy (non-hydrogen) atoms. The normalized spacial score (nSPS) is 14.8. The van der Waals surface area contributed by atoms with Crippen LogP contribution in [-0.2, 0) is 0 Å². The van der Waals surface area contributed by atoms with Crippen LogP contribution in [0.2, 0.25) is 0 Å². The Morgan fingerprint density at radius 2 is 0.359 bits per heavy atom. The van der Waals surface area contributed by atoms with Crippen molar-refractivity contribution in [1.82, 2.24) is 0 Å². The van der Waals surface area contributed by atoms with E-state index in [4.69, 9.17) is 0 Å². The highest BCUT2D eigenvalue weighted by Crippen LogP contribution is 2.57. The molecule has 0 saturated heterocycles. The number of rotatable bonds is 4. The van der Waals surface area contributed by atoms with Gasteiger partial charge in [-0.15, -0.1) is 0 Å². The predicted octanol–water partition coefficient (Wildman–Crippen LogP) is 13.4. The SMILES string of the molecule is CN1C(=C2N(C)c3ccccc3N2C)N(C)c2ccccc21.c1ccc(N2C(=C3N(c4ccccc4)c4ccccc4N3c3ccccc3)N(c3ccccc3)c3ccccc32)cc1. The van der Waals surface area contributed by atoms with Gasteiger partial charge in [0.1, 0.15) is 0 Å². The first-order chi connectivity index (χ1) is 31.5. The van der Waals surface area contributed by atoms with Gasteiger partial charge in [0.25, 0.3) is 0 Å². The molecule has 4 aliphatic heterocycles. The van der Waals surface area contributed by atoms with Gasteiger partial charge in [-0.1, -0.05) is 121 Å². The van der Waals surface area contributed by atoms with E-state index >= 15 is 0 Å². The van der Waals surface area contributed by atoms with Gasteiger partial charge in [-0.05, 0) is 97.1 Å². The summed E-state index contributed by atoms with van der Waals surface area (Å²) in [6.45, 7) is 0. The van der Waals surface area contributed by atoms with Crippen molar-refractivity contribution in [2.45, 2.75) is 0 Å². The van der Waals surface area contributed by atoms with Crippen LogP contribution in [0.5, 0.6) is 0 Å². The Labute approximate surface area is 375 Å². The van der Waals surface area contributed by atoms with Gasteiger partial charge in [0.15, 0.2) is 23.3 Å². The van der Waals surface area contributed by atoms with Crippen LogP contribution < -0.4 is 39.2 Å². The number of fused-ring (bicyclic) bond motifs is 4. The van der Waals surface area contributed by atoms with Crippen LogP contribution in [0, 0.1) is 0 Å². The van der Waals surface area contributed by atoms with Crippen LogP contribution in [0.15, 0.2) is 242 Å². The first-order valence-corrected chi connectivity index (χ1v) is 21.7. The highest BCUT2D eigenvalue weighted by atomic mass is 15.5. The minimum atomic E-state index is 1.05. The fourth-order valence-electron chi connectivity index (χ4n) is 9.66. The van der Waals surface area contributed by atoms with E-state index < -0.39 is 0 Å². The largest absolute Gasteiger partial charge is 0.326 e. The number of hydrogen-bond acceptors (Lipinski definition) is 8. The minimum absolute atomic E-state index is 1.05. The third-order valence-corrected chi connectivity index (χ3v) is 12.5. The van der Waals surface area contributed by atoms with Crippen molar-refractivity contribution >= 4 is 68.2 Å². The average molecular weight is 833 g/mol. The molecule has 0 radical (unpaired) electrons. The summed E-state index contributed by atoms with van der Waals surface area (Å²) in [5.74, 6) is 4.50. The van der Waals surface area contributed by atoms with Crippen LogP contribution in [0.1, 0.15) is 0 Å². The molecular weight excluding hydrogens is 785 g/mol. The summed E-state index contributed by atoms with van der Waals surface area (Å²) in [7, 11) is 8.54. The van der Waals surface area contributed by atoms with E-state index in [0.717, 1.165) is 57.1 Å². The Morgan fingerprint density at radius 1 is 0.188 bits per heavy atom. The molecule has 0 spiro atoms. The molecule has 8 heteroatoms. The molecule has 8 aromatic rings. The number of nitrogens with zero attached hydrogens (tertiary/aromatic N) is 8. The molecule has 0 saturated carbocycles. The van der Waals surface area contributed by atoms with E-state index in [1.54, 1.807) is 0 Å². The second-order valence-electron chi connectivity index (χ2n) is 16.2. The van der Waals surface area contributed by atoms with Crippen molar-refractivity contribution in [3.8, 4) is 0 Å². The Hall–Kier alpha value is -8.36. The lowest BCUT2D eigenvalue weighted by atomic mass is 10.2. The molecule has 0 amide bonds. The summed E-state index contributed by atoms with van der Waals surface area (Å²) in [5.41, 5.74) is 13.9. The van der Waals surface area contributed by atoms with E-state index in [2.05, 4.69) is 286 Å². The van der Waals surface area contributed by atoms with Crippen LogP contribution in [-0.4, -0.2) is 28.2 Å². The summed E-state index contributed by atoms with van der Waals surface area (Å²) in [6.07, 6.45) is 0. The lowest BCUT2D eigenvalue weighted by molar-refractivity contribution is 0.931. The lowest BCUT2D eigenvalue weighted by Gasteiger charge is -2.34. The molecule has 4 heterocycles. The standard InChI is InChI=1S/C38H28N4.C18H20N4/c1-5-17-29(18-6-1)39-33-25-13-14-26-34(33)40(30-19-7-2-8-20-30)37(39)38-41(31-21-9-3-10-22-31)35-27-15-16-28-36(35)42(38)32-23-11-4-12-24-32;1-19-13-9-5-6-10-14(13)20(2)17(19)18-21(3)15-11-7-8-12-16(15)22(18)4/h1-28H;5-12H,1-4H3. The minimum Gasteiger partial charge on any atom is -0.326 e. The van der Waals surface area contributed by atoms with E-state index in [9.17, 15) is 0 Å². The van der Waals surface area contributed by atoms with Gasteiger partial charge >= 0.3 is 0 Å². The maximum atomic E-state index is 2.40. The number of para-hydroxylation sites is 12. The fraction of sp³-hybridized carbons (Fsp3) is 0.0714. The summed E-state index contributed by atoms with van der Waals surface area (Å²) in [4.78, 5) is 18.7. The molecular formula is C56H48N8. The zero-order valence-corrected chi connectivity index (χ0v) is 36.4. The van der Waals surface area contributed by atoms with E-state index in [1.165, 1.54) is 34.4 Å². The van der Waals surface area contributed by atoms with Crippen molar-refractivity contribution < 1.29 is 0 Å². The fourth-order valence-corrected chi connectivity index (χ4v) is 9.66. The molecule has 8 aromatic carbocycles. The van der Waals surface area contributed by atoms with Crippen LogP contribution in [0.3, 0.4) is 0 Å². The average Bonchev–Trinajstić information content (AvgIpc) is 4.04. The maximum absolute atomic E-state index is 2.40. The summed E-state index contributed by atoms with van der Waals surface area (Å²) in [6, 6.07) is 77.1. The Bertz CT molecular complexity index is 2640. The first-order valence-electron chi connectivity index (χ1n) is 21.7. The number of anilines is 12. The Balaban J connectivity index is 0.000000174. The molecule has 8 nitrogen and oxygen atoms in total. The van der Waals surface area contributed by atoms with Gasteiger partial charge < -0.3 is 19.6 Å². The molecule has 0 aromatic heterocycles. The highest BCUT2D eigenvalue weighted by molar-refractivity contribution is 6.00. The van der Waals surface area contributed by atoms with E-state index in [0.29, 0.717) is 0 Å². The van der Waals surface area contributed by atoms with Gasteiger partial charge in [-0.25, -0.2) is 0 Å². The first kappa shape index (κ1) is 38.6. The van der Waals surface area contributed by atoms with E-state index in [-0.39, 0.29) is 0 Å². The molecule has 0 atom stereocenters. The lowest BCUT2D eigenvalue weighted by Crippen LogP contribution is -2.34. The summed E-state index contributed by atoms with van der Waals surface area (Å²) < 4.78 is 0. The van der Waals surface area contributed by atoms with Crippen LogP contribution >= 0.6 is 0 Å². The summed E-state index contributed by atoms with van der Waals surface area (Å²) >= 11 is 0. The van der Waals surface area contributed by atoms with Crippen molar-refractivity contribution in [2.75, 3.05) is 67.4 Å².